The van der Waals surface area contributed by atoms with E-state index in [4.69, 9.17) is 0 Å². The summed E-state index contributed by atoms with van der Waals surface area (Å²) in [6.45, 7) is 2.90. The first-order chi connectivity index (χ1) is 11.9. The summed E-state index contributed by atoms with van der Waals surface area (Å²) >= 11 is 3.10. The molecule has 26 heavy (non-hydrogen) atoms. The van der Waals surface area contributed by atoms with Gasteiger partial charge in [0.15, 0.2) is 0 Å². The van der Waals surface area contributed by atoms with E-state index in [2.05, 4.69) is 21.2 Å². The molecule has 1 amide bonds. The summed E-state index contributed by atoms with van der Waals surface area (Å²) in [5.74, 6) is -0.546. The van der Waals surface area contributed by atoms with Gasteiger partial charge in [-0.1, -0.05) is 6.07 Å². The van der Waals surface area contributed by atoms with E-state index in [1.54, 1.807) is 13.0 Å². The number of carbonyl (C=O) groups is 1. The summed E-state index contributed by atoms with van der Waals surface area (Å²) in [4.78, 5) is 10.8. The third kappa shape index (κ3) is 4.76. The predicted molar refractivity (Wildman–Crippen MR) is 95.4 cm³/mol. The maximum atomic E-state index is 13.3. The number of anilines is 2. The zero-order valence-corrected chi connectivity index (χ0v) is 16.0. The molecule has 0 fully saturated rings. The molecule has 2 N–H and O–H groups in total. The highest BCUT2D eigenvalue weighted by Gasteiger charge is 2.35. The van der Waals surface area contributed by atoms with Crippen LogP contribution >= 0.6 is 15.9 Å². The van der Waals surface area contributed by atoms with Gasteiger partial charge in [0.2, 0.25) is 5.91 Å². The Balaban J connectivity index is 2.49. The fraction of sp³-hybridized carbons (Fsp3) is 0.188. The van der Waals surface area contributed by atoms with E-state index in [1.807, 2.05) is 4.72 Å². The Labute approximate surface area is 156 Å². The van der Waals surface area contributed by atoms with Crippen LogP contribution in [-0.2, 0) is 21.0 Å². The number of benzene rings is 2. The van der Waals surface area contributed by atoms with Crippen molar-refractivity contribution in [2.45, 2.75) is 24.9 Å². The Hall–Kier alpha value is -2.07. The van der Waals surface area contributed by atoms with Crippen molar-refractivity contribution in [3.8, 4) is 0 Å². The van der Waals surface area contributed by atoms with Crippen molar-refractivity contribution >= 4 is 43.2 Å². The van der Waals surface area contributed by atoms with E-state index < -0.39 is 33.4 Å². The monoisotopic (exact) mass is 450 g/mol. The molecule has 0 saturated heterocycles. The fourth-order valence-electron chi connectivity index (χ4n) is 2.17. The van der Waals surface area contributed by atoms with E-state index in [0.29, 0.717) is 6.07 Å². The second-order valence-corrected chi connectivity index (χ2v) is 7.98. The molecule has 140 valence electrons. The van der Waals surface area contributed by atoms with Gasteiger partial charge < -0.3 is 5.32 Å². The molecule has 0 aliphatic rings. The number of sulfonamides is 1. The second-order valence-electron chi connectivity index (χ2n) is 5.48. The maximum absolute atomic E-state index is 13.3. The highest BCUT2D eigenvalue weighted by Crippen LogP contribution is 2.38. The highest BCUT2D eigenvalue weighted by atomic mass is 79.9. The van der Waals surface area contributed by atoms with Gasteiger partial charge in [0, 0.05) is 17.1 Å². The summed E-state index contributed by atoms with van der Waals surface area (Å²) in [5.41, 5.74) is -1.16. The molecule has 0 aromatic heterocycles. The lowest BCUT2D eigenvalue weighted by atomic mass is 10.1. The molecule has 0 heterocycles. The molecule has 2 rings (SSSR count). The zero-order chi connectivity index (χ0) is 19.7. The first-order valence-corrected chi connectivity index (χ1v) is 9.45. The second kappa shape index (κ2) is 7.28. The molecular formula is C16H14BrF3N2O3S. The summed E-state index contributed by atoms with van der Waals surface area (Å²) in [5, 5.41) is 2.23. The normalized spacial score (nSPS) is 11.9. The number of amides is 1. The average molecular weight is 451 g/mol. The standard InChI is InChI=1S/C16H14BrF3N2O3S/c1-9-3-6-15(13(17)7-9)26(24,25)22-14-5-4-11(21-10(2)23)8-12(14)16(18,19)20/h3-8,22H,1-2H3,(H,21,23). The maximum Gasteiger partial charge on any atom is 0.418 e. The van der Waals surface area contributed by atoms with Gasteiger partial charge >= 0.3 is 6.18 Å². The van der Waals surface area contributed by atoms with Gasteiger partial charge in [-0.15, -0.1) is 0 Å². The van der Waals surface area contributed by atoms with Gasteiger partial charge in [-0.25, -0.2) is 8.42 Å². The first-order valence-electron chi connectivity index (χ1n) is 7.18. The Bertz CT molecular complexity index is 960. The van der Waals surface area contributed by atoms with Crippen LogP contribution in [0.5, 0.6) is 0 Å². The molecule has 0 unspecified atom stereocenters. The third-order valence-corrected chi connectivity index (χ3v) is 5.61. The van der Waals surface area contributed by atoms with Gasteiger partial charge in [0.05, 0.1) is 11.3 Å². The van der Waals surface area contributed by atoms with Gasteiger partial charge in [0.1, 0.15) is 4.90 Å². The van der Waals surface area contributed by atoms with E-state index >= 15 is 0 Å². The number of halogens is 4. The smallest absolute Gasteiger partial charge is 0.326 e. The minimum atomic E-state index is -4.82. The molecule has 2 aromatic rings. The van der Waals surface area contributed by atoms with E-state index in [0.717, 1.165) is 18.6 Å². The van der Waals surface area contributed by atoms with E-state index in [1.165, 1.54) is 18.2 Å². The molecule has 0 radical (unpaired) electrons. The highest BCUT2D eigenvalue weighted by molar-refractivity contribution is 9.10. The SMILES string of the molecule is CC(=O)Nc1ccc(NS(=O)(=O)c2ccc(C)cc2Br)c(C(F)(F)F)c1. The summed E-state index contributed by atoms with van der Waals surface area (Å²) in [6, 6.07) is 7.17. The number of alkyl halides is 3. The number of hydrogen-bond acceptors (Lipinski definition) is 3. The topological polar surface area (TPSA) is 75.3 Å². The molecule has 10 heteroatoms. The molecule has 0 aliphatic heterocycles. The lowest BCUT2D eigenvalue weighted by Crippen LogP contribution is -2.18. The van der Waals surface area contributed by atoms with Crippen LogP contribution in [0.4, 0.5) is 24.5 Å². The summed E-state index contributed by atoms with van der Waals surface area (Å²) in [7, 11) is -4.26. The van der Waals surface area contributed by atoms with Crippen molar-refractivity contribution in [3.63, 3.8) is 0 Å². The quantitative estimate of drug-likeness (QED) is 0.717. The average Bonchev–Trinajstić information content (AvgIpc) is 2.46. The molecule has 5 nitrogen and oxygen atoms in total. The lowest BCUT2D eigenvalue weighted by molar-refractivity contribution is -0.136. The van der Waals surface area contributed by atoms with Crippen molar-refractivity contribution in [3.05, 3.63) is 52.0 Å². The summed E-state index contributed by atoms with van der Waals surface area (Å²) in [6.07, 6.45) is -4.82. The van der Waals surface area contributed by atoms with Crippen LogP contribution in [0.15, 0.2) is 45.8 Å². The zero-order valence-electron chi connectivity index (χ0n) is 13.6. The minimum Gasteiger partial charge on any atom is -0.326 e. The van der Waals surface area contributed by atoms with E-state index in [-0.39, 0.29) is 15.1 Å². The lowest BCUT2D eigenvalue weighted by Gasteiger charge is -2.17. The Morgan fingerprint density at radius 3 is 2.31 bits per heavy atom. The first kappa shape index (κ1) is 20.2. The Morgan fingerprint density at radius 1 is 1.12 bits per heavy atom. The van der Waals surface area contributed by atoms with Gasteiger partial charge in [-0.05, 0) is 58.7 Å². The minimum absolute atomic E-state index is 0.0933. The third-order valence-electron chi connectivity index (χ3n) is 3.27. The van der Waals surface area contributed by atoms with Crippen molar-refractivity contribution in [1.29, 1.82) is 0 Å². The van der Waals surface area contributed by atoms with Gasteiger partial charge in [0.25, 0.3) is 10.0 Å². The number of hydrogen-bond donors (Lipinski definition) is 2. The Morgan fingerprint density at radius 2 is 1.77 bits per heavy atom. The van der Waals surface area contributed by atoms with Crippen molar-refractivity contribution in [2.24, 2.45) is 0 Å². The molecule has 0 aliphatic carbocycles. The predicted octanol–water partition coefficient (Wildman–Crippen LogP) is 4.54. The van der Waals surface area contributed by atoms with Crippen LogP contribution < -0.4 is 10.0 Å². The van der Waals surface area contributed by atoms with Crippen LogP contribution in [0.2, 0.25) is 0 Å². The molecule has 0 saturated carbocycles. The van der Waals surface area contributed by atoms with Gasteiger partial charge in [-0.3, -0.25) is 9.52 Å². The van der Waals surface area contributed by atoms with Crippen molar-refractivity contribution < 1.29 is 26.4 Å². The van der Waals surface area contributed by atoms with Crippen LogP contribution in [0, 0.1) is 6.92 Å². The fourth-order valence-corrected chi connectivity index (χ4v) is 4.45. The van der Waals surface area contributed by atoms with Crippen molar-refractivity contribution in [1.82, 2.24) is 0 Å². The number of carbonyl (C=O) groups excluding carboxylic acids is 1. The molecule has 2 aromatic carbocycles. The van der Waals surface area contributed by atoms with Gasteiger partial charge in [-0.2, -0.15) is 13.2 Å². The molecule has 0 bridgehead atoms. The van der Waals surface area contributed by atoms with Crippen molar-refractivity contribution in [2.75, 3.05) is 10.0 Å². The van der Waals surface area contributed by atoms with Crippen LogP contribution in [0.3, 0.4) is 0 Å². The number of rotatable bonds is 4. The largest absolute Gasteiger partial charge is 0.418 e. The number of nitrogens with one attached hydrogen (secondary N) is 2. The van der Waals surface area contributed by atoms with Crippen LogP contribution in [-0.4, -0.2) is 14.3 Å². The Kier molecular flexibility index (Phi) is 5.67. The molecule has 0 atom stereocenters. The molecular weight excluding hydrogens is 437 g/mol. The van der Waals surface area contributed by atoms with Crippen LogP contribution in [0.1, 0.15) is 18.1 Å². The number of aryl methyl sites for hydroxylation is 1. The molecule has 0 spiro atoms. The van der Waals surface area contributed by atoms with E-state index in [9.17, 15) is 26.4 Å². The summed E-state index contributed by atoms with van der Waals surface area (Å²) < 4.78 is 67.1. The van der Waals surface area contributed by atoms with Crippen LogP contribution in [0.25, 0.3) is 0 Å².